The second-order valence-electron chi connectivity index (χ2n) is 5.65. The van der Waals surface area contributed by atoms with Crippen LogP contribution in [0.4, 0.5) is 8.78 Å². The number of carbonyl (C=O) groups is 1. The zero-order valence-corrected chi connectivity index (χ0v) is 14.2. The van der Waals surface area contributed by atoms with Gasteiger partial charge in [0.15, 0.2) is 0 Å². The van der Waals surface area contributed by atoms with Gasteiger partial charge in [-0.25, -0.2) is 0 Å². The maximum absolute atomic E-state index is 12.3. The van der Waals surface area contributed by atoms with Crippen molar-refractivity contribution in [2.24, 2.45) is 0 Å². The van der Waals surface area contributed by atoms with E-state index in [9.17, 15) is 13.6 Å². The Bertz CT molecular complexity index is 710. The minimum absolute atomic E-state index is 0. The lowest BCUT2D eigenvalue weighted by Crippen LogP contribution is -2.47. The van der Waals surface area contributed by atoms with Gasteiger partial charge in [-0.15, -0.1) is 12.4 Å². The molecule has 1 amide bonds. The van der Waals surface area contributed by atoms with E-state index in [0.29, 0.717) is 19.5 Å². The number of hydrogen-bond acceptors (Lipinski definition) is 3. The van der Waals surface area contributed by atoms with Gasteiger partial charge in [0.25, 0.3) is 0 Å². The van der Waals surface area contributed by atoms with Crippen LogP contribution in [-0.2, 0) is 24.3 Å². The lowest BCUT2D eigenvalue weighted by molar-refractivity contribution is -0.123. The van der Waals surface area contributed by atoms with Gasteiger partial charge in [-0.1, -0.05) is 36.4 Å². The van der Waals surface area contributed by atoms with Crippen molar-refractivity contribution in [2.75, 3.05) is 0 Å². The molecular weight excluding hydrogens is 350 g/mol. The highest BCUT2D eigenvalue weighted by Crippen LogP contribution is 2.17. The molecule has 0 aliphatic carbocycles. The summed E-state index contributed by atoms with van der Waals surface area (Å²) in [6, 6.07) is 14.0. The summed E-state index contributed by atoms with van der Waals surface area (Å²) in [7, 11) is 0. The molecule has 1 aliphatic rings. The first-order valence-electron chi connectivity index (χ1n) is 7.73. The minimum Gasteiger partial charge on any atom is -0.435 e. The first kappa shape index (κ1) is 19.1. The van der Waals surface area contributed by atoms with Crippen LogP contribution in [0.1, 0.15) is 16.7 Å². The molecule has 7 heteroatoms. The summed E-state index contributed by atoms with van der Waals surface area (Å²) >= 11 is 0. The Hall–Kier alpha value is -2.18. The lowest BCUT2D eigenvalue weighted by atomic mass is 9.95. The predicted molar refractivity (Wildman–Crippen MR) is 92.9 cm³/mol. The van der Waals surface area contributed by atoms with Crippen molar-refractivity contribution in [2.45, 2.75) is 32.2 Å². The SMILES string of the molecule is Cl.O=C(NCc1ccc(OC(F)F)cc1)C1Cc2ccccc2CN1. The predicted octanol–water partition coefficient (Wildman–Crippen LogP) is 3.04. The van der Waals surface area contributed by atoms with E-state index in [1.165, 1.54) is 23.3 Å². The highest BCUT2D eigenvalue weighted by molar-refractivity contribution is 5.85. The molecule has 3 rings (SSSR count). The number of halogens is 3. The molecule has 25 heavy (non-hydrogen) atoms. The smallest absolute Gasteiger partial charge is 0.387 e. The molecule has 0 saturated carbocycles. The largest absolute Gasteiger partial charge is 0.435 e. The fourth-order valence-corrected chi connectivity index (χ4v) is 2.74. The van der Waals surface area contributed by atoms with Crippen molar-refractivity contribution in [3.63, 3.8) is 0 Å². The van der Waals surface area contributed by atoms with E-state index >= 15 is 0 Å². The van der Waals surface area contributed by atoms with Crippen LogP contribution < -0.4 is 15.4 Å². The van der Waals surface area contributed by atoms with Gasteiger partial charge in [0, 0.05) is 13.1 Å². The van der Waals surface area contributed by atoms with Gasteiger partial charge in [-0.05, 0) is 35.2 Å². The molecule has 1 unspecified atom stereocenters. The van der Waals surface area contributed by atoms with E-state index < -0.39 is 6.61 Å². The average Bonchev–Trinajstić information content (AvgIpc) is 2.60. The third-order valence-corrected chi connectivity index (χ3v) is 4.01. The van der Waals surface area contributed by atoms with Crippen molar-refractivity contribution < 1.29 is 18.3 Å². The van der Waals surface area contributed by atoms with Crippen LogP contribution in [-0.4, -0.2) is 18.6 Å². The fourth-order valence-electron chi connectivity index (χ4n) is 2.74. The maximum atomic E-state index is 12.3. The second-order valence-corrected chi connectivity index (χ2v) is 5.65. The zero-order valence-electron chi connectivity index (χ0n) is 13.4. The van der Waals surface area contributed by atoms with Crippen LogP contribution in [0, 0.1) is 0 Å². The number of carbonyl (C=O) groups excluding carboxylic acids is 1. The highest BCUT2D eigenvalue weighted by Gasteiger charge is 2.23. The Labute approximate surface area is 151 Å². The minimum atomic E-state index is -2.84. The van der Waals surface area contributed by atoms with Gasteiger partial charge in [0.05, 0.1) is 6.04 Å². The van der Waals surface area contributed by atoms with Crippen LogP contribution >= 0.6 is 12.4 Å². The van der Waals surface area contributed by atoms with Crippen LogP contribution in [0.15, 0.2) is 48.5 Å². The molecule has 134 valence electrons. The zero-order chi connectivity index (χ0) is 16.9. The molecule has 2 N–H and O–H groups in total. The normalized spacial score (nSPS) is 15.9. The van der Waals surface area contributed by atoms with Crippen LogP contribution in [0.2, 0.25) is 0 Å². The monoisotopic (exact) mass is 368 g/mol. The molecule has 1 atom stereocenters. The van der Waals surface area contributed by atoms with Crippen LogP contribution in [0.3, 0.4) is 0 Å². The molecule has 0 aromatic heterocycles. The summed E-state index contributed by atoms with van der Waals surface area (Å²) in [5.41, 5.74) is 3.22. The second kappa shape index (κ2) is 8.78. The van der Waals surface area contributed by atoms with E-state index in [1.54, 1.807) is 12.1 Å². The number of benzene rings is 2. The molecule has 2 aromatic rings. The van der Waals surface area contributed by atoms with Crippen molar-refractivity contribution in [1.29, 1.82) is 0 Å². The van der Waals surface area contributed by atoms with Gasteiger partial charge in [0.2, 0.25) is 5.91 Å². The summed E-state index contributed by atoms with van der Waals surface area (Å²) in [4.78, 5) is 12.3. The first-order chi connectivity index (χ1) is 11.6. The topological polar surface area (TPSA) is 50.4 Å². The maximum Gasteiger partial charge on any atom is 0.387 e. The van der Waals surface area contributed by atoms with E-state index in [4.69, 9.17) is 0 Å². The number of ether oxygens (including phenoxy) is 1. The van der Waals surface area contributed by atoms with Crippen LogP contribution in [0.5, 0.6) is 5.75 Å². The van der Waals surface area contributed by atoms with Gasteiger partial charge in [-0.3, -0.25) is 4.79 Å². The van der Waals surface area contributed by atoms with Gasteiger partial charge in [-0.2, -0.15) is 8.78 Å². The van der Waals surface area contributed by atoms with E-state index in [1.807, 2.05) is 18.2 Å². The Morgan fingerprint density at radius 2 is 1.84 bits per heavy atom. The quantitative estimate of drug-likeness (QED) is 0.853. The molecule has 4 nitrogen and oxygen atoms in total. The number of alkyl halides is 2. The molecule has 1 aliphatic heterocycles. The number of nitrogens with one attached hydrogen (secondary N) is 2. The van der Waals surface area contributed by atoms with Crippen molar-refractivity contribution in [1.82, 2.24) is 10.6 Å². The molecule has 1 heterocycles. The van der Waals surface area contributed by atoms with E-state index in [2.05, 4.69) is 21.4 Å². The number of amides is 1. The van der Waals surface area contributed by atoms with Crippen molar-refractivity contribution in [3.8, 4) is 5.75 Å². The lowest BCUT2D eigenvalue weighted by Gasteiger charge is -2.25. The van der Waals surface area contributed by atoms with Crippen LogP contribution in [0.25, 0.3) is 0 Å². The summed E-state index contributed by atoms with van der Waals surface area (Å²) in [6.45, 7) is -1.82. The summed E-state index contributed by atoms with van der Waals surface area (Å²) < 4.78 is 28.5. The van der Waals surface area contributed by atoms with Crippen molar-refractivity contribution in [3.05, 3.63) is 65.2 Å². The summed E-state index contributed by atoms with van der Waals surface area (Å²) in [6.07, 6.45) is 0.656. The Morgan fingerprint density at radius 3 is 2.52 bits per heavy atom. The molecule has 0 spiro atoms. The molecule has 0 bridgehead atoms. The Balaban J connectivity index is 0.00000225. The molecule has 0 fully saturated rings. The first-order valence-corrected chi connectivity index (χ1v) is 7.73. The van der Waals surface area contributed by atoms with E-state index in [-0.39, 0.29) is 30.1 Å². The molecule has 0 radical (unpaired) electrons. The summed E-state index contributed by atoms with van der Waals surface area (Å²) in [5, 5.41) is 6.10. The summed E-state index contributed by atoms with van der Waals surface area (Å²) in [5.74, 6) is 0.0306. The van der Waals surface area contributed by atoms with Gasteiger partial charge in [0.1, 0.15) is 5.75 Å². The third kappa shape index (κ3) is 5.14. The third-order valence-electron chi connectivity index (χ3n) is 4.01. The Kier molecular flexibility index (Phi) is 6.73. The van der Waals surface area contributed by atoms with E-state index in [0.717, 1.165) is 5.56 Å². The standard InChI is InChI=1S/C18H18F2N2O2.ClH/c19-18(20)24-15-7-5-12(6-8-15)10-22-17(23)16-9-13-3-1-2-4-14(13)11-21-16;/h1-8,16,18,21H,9-11H2,(H,22,23);1H. The average molecular weight is 369 g/mol. The Morgan fingerprint density at radius 1 is 1.16 bits per heavy atom. The van der Waals surface area contributed by atoms with Crippen molar-refractivity contribution >= 4 is 18.3 Å². The number of fused-ring (bicyclic) bond motifs is 1. The fraction of sp³-hybridized carbons (Fsp3) is 0.278. The highest BCUT2D eigenvalue weighted by atomic mass is 35.5. The van der Waals surface area contributed by atoms with Gasteiger partial charge >= 0.3 is 6.61 Å². The van der Waals surface area contributed by atoms with Gasteiger partial charge < -0.3 is 15.4 Å². The molecule has 2 aromatic carbocycles. The molecular formula is C18H19ClF2N2O2. The number of hydrogen-bond donors (Lipinski definition) is 2. The molecule has 0 saturated heterocycles. The number of rotatable bonds is 5.